The molecular weight excluding hydrogens is 249 g/mol. The number of halogens is 1. The smallest absolute Gasteiger partial charge is 0.187 e. The molecule has 0 unspecified atom stereocenters. The van der Waals surface area contributed by atoms with Gasteiger partial charge in [0.05, 0.1) is 23.0 Å². The maximum absolute atomic E-state index is 13.7. The van der Waals surface area contributed by atoms with Crippen LogP contribution >= 0.6 is 11.3 Å². The molecule has 18 heavy (non-hydrogen) atoms. The van der Waals surface area contributed by atoms with Gasteiger partial charge in [0.1, 0.15) is 5.82 Å². The van der Waals surface area contributed by atoms with Crippen LogP contribution in [-0.2, 0) is 6.42 Å². The maximum Gasteiger partial charge on any atom is 0.187 e. The van der Waals surface area contributed by atoms with Gasteiger partial charge in [0.15, 0.2) is 5.13 Å². The topological polar surface area (TPSA) is 48.7 Å². The van der Waals surface area contributed by atoms with Gasteiger partial charge in [-0.3, -0.25) is 0 Å². The lowest BCUT2D eigenvalue weighted by atomic mass is 10.2. The monoisotopic (exact) mass is 261 g/mol. The molecule has 0 aliphatic rings. The summed E-state index contributed by atoms with van der Waals surface area (Å²) in [5.74, 6) is -0.444. The molecular formula is C13H12FN3S. The quantitative estimate of drug-likeness (QED) is 0.915. The molecule has 1 aromatic carbocycles. The first-order valence-corrected chi connectivity index (χ1v) is 6.38. The molecule has 92 valence electrons. The fourth-order valence-corrected chi connectivity index (χ4v) is 2.53. The van der Waals surface area contributed by atoms with Crippen molar-refractivity contribution < 1.29 is 4.39 Å². The third kappa shape index (κ3) is 2.49. The Morgan fingerprint density at radius 1 is 1.50 bits per heavy atom. The minimum Gasteiger partial charge on any atom is -0.329 e. The Bertz CT molecular complexity index is 613. The van der Waals surface area contributed by atoms with Crippen LogP contribution in [0, 0.1) is 24.1 Å². The highest BCUT2D eigenvalue weighted by Crippen LogP contribution is 2.27. The molecule has 0 fully saturated rings. The van der Waals surface area contributed by atoms with E-state index in [4.69, 9.17) is 5.26 Å². The number of aromatic nitrogens is 1. The molecule has 2 rings (SSSR count). The van der Waals surface area contributed by atoms with Crippen molar-refractivity contribution in [1.29, 1.82) is 5.26 Å². The van der Waals surface area contributed by atoms with Gasteiger partial charge in [-0.1, -0.05) is 6.92 Å². The number of benzene rings is 1. The average molecular weight is 261 g/mol. The zero-order chi connectivity index (χ0) is 13.1. The fourth-order valence-electron chi connectivity index (χ4n) is 1.61. The van der Waals surface area contributed by atoms with Gasteiger partial charge in [0.25, 0.3) is 0 Å². The Morgan fingerprint density at radius 2 is 2.28 bits per heavy atom. The van der Waals surface area contributed by atoms with E-state index in [9.17, 15) is 4.39 Å². The van der Waals surface area contributed by atoms with Crippen molar-refractivity contribution in [2.45, 2.75) is 20.3 Å². The molecule has 1 aromatic heterocycles. The van der Waals surface area contributed by atoms with Crippen LogP contribution in [0.25, 0.3) is 0 Å². The molecule has 1 heterocycles. The summed E-state index contributed by atoms with van der Waals surface area (Å²) >= 11 is 1.50. The molecule has 0 aliphatic heterocycles. The van der Waals surface area contributed by atoms with E-state index in [-0.39, 0.29) is 0 Å². The SMILES string of the molecule is CCc1nc(Nc2ccc(C#N)cc2F)sc1C. The van der Waals surface area contributed by atoms with Gasteiger partial charge in [-0.15, -0.1) is 11.3 Å². The molecule has 0 atom stereocenters. The number of nitrogens with zero attached hydrogens (tertiary/aromatic N) is 2. The van der Waals surface area contributed by atoms with E-state index in [1.807, 2.05) is 19.9 Å². The number of hydrogen-bond donors (Lipinski definition) is 1. The van der Waals surface area contributed by atoms with Gasteiger partial charge < -0.3 is 5.32 Å². The molecule has 0 radical (unpaired) electrons. The minimum atomic E-state index is -0.444. The largest absolute Gasteiger partial charge is 0.329 e. The number of anilines is 2. The van der Waals surface area contributed by atoms with Crippen LogP contribution in [-0.4, -0.2) is 4.98 Å². The number of rotatable bonds is 3. The van der Waals surface area contributed by atoms with Crippen LogP contribution in [0.15, 0.2) is 18.2 Å². The van der Waals surface area contributed by atoms with E-state index in [1.54, 1.807) is 12.1 Å². The summed E-state index contributed by atoms with van der Waals surface area (Å²) in [4.78, 5) is 5.52. The van der Waals surface area contributed by atoms with Crippen LogP contribution in [0.3, 0.4) is 0 Å². The molecule has 0 amide bonds. The number of nitriles is 1. The Labute approximate surface area is 109 Å². The lowest BCUT2D eigenvalue weighted by Gasteiger charge is -2.03. The van der Waals surface area contributed by atoms with Crippen molar-refractivity contribution in [3.63, 3.8) is 0 Å². The summed E-state index contributed by atoms with van der Waals surface area (Å²) in [5.41, 5.74) is 1.67. The Hall–Kier alpha value is -1.93. The van der Waals surface area contributed by atoms with E-state index in [0.29, 0.717) is 16.4 Å². The van der Waals surface area contributed by atoms with Crippen molar-refractivity contribution in [2.24, 2.45) is 0 Å². The zero-order valence-electron chi connectivity index (χ0n) is 10.1. The van der Waals surface area contributed by atoms with Crippen LogP contribution in [0.1, 0.15) is 23.1 Å². The highest BCUT2D eigenvalue weighted by atomic mass is 32.1. The molecule has 0 bridgehead atoms. The third-order valence-corrected chi connectivity index (χ3v) is 3.50. The standard InChI is InChI=1S/C13H12FN3S/c1-3-11-8(2)18-13(16-11)17-12-5-4-9(7-15)6-10(12)14/h4-6H,3H2,1-2H3,(H,16,17). The van der Waals surface area contributed by atoms with E-state index in [1.165, 1.54) is 17.4 Å². The second-order valence-corrected chi connectivity index (χ2v) is 5.01. The lowest BCUT2D eigenvalue weighted by Crippen LogP contribution is -1.94. The first kappa shape index (κ1) is 12.5. The van der Waals surface area contributed by atoms with E-state index in [0.717, 1.165) is 17.0 Å². The van der Waals surface area contributed by atoms with Crippen molar-refractivity contribution in [3.05, 3.63) is 40.2 Å². The number of thiazole rings is 1. The fraction of sp³-hybridized carbons (Fsp3) is 0.231. The van der Waals surface area contributed by atoms with Gasteiger partial charge in [-0.25, -0.2) is 9.37 Å². The van der Waals surface area contributed by atoms with Crippen molar-refractivity contribution >= 4 is 22.2 Å². The van der Waals surface area contributed by atoms with Gasteiger partial charge in [-0.2, -0.15) is 5.26 Å². The summed E-state index contributed by atoms with van der Waals surface area (Å²) in [6.45, 7) is 4.03. The lowest BCUT2D eigenvalue weighted by molar-refractivity contribution is 0.631. The van der Waals surface area contributed by atoms with Gasteiger partial charge in [0, 0.05) is 4.88 Å². The summed E-state index contributed by atoms with van der Waals surface area (Å²) in [6.07, 6.45) is 0.861. The predicted molar refractivity (Wildman–Crippen MR) is 70.6 cm³/mol. The van der Waals surface area contributed by atoms with Crippen molar-refractivity contribution in [1.82, 2.24) is 4.98 Å². The first-order chi connectivity index (χ1) is 8.63. The number of nitrogens with one attached hydrogen (secondary N) is 1. The van der Waals surface area contributed by atoms with Gasteiger partial charge in [0.2, 0.25) is 0 Å². The Balaban J connectivity index is 2.26. The minimum absolute atomic E-state index is 0.308. The second kappa shape index (κ2) is 5.15. The molecule has 2 aromatic rings. The number of hydrogen-bond acceptors (Lipinski definition) is 4. The normalized spacial score (nSPS) is 10.1. The first-order valence-electron chi connectivity index (χ1n) is 5.57. The van der Waals surface area contributed by atoms with Crippen LogP contribution in [0.4, 0.5) is 15.2 Å². The summed E-state index contributed by atoms with van der Waals surface area (Å²) < 4.78 is 13.7. The van der Waals surface area contributed by atoms with Crippen molar-refractivity contribution in [2.75, 3.05) is 5.32 Å². The summed E-state index contributed by atoms with van der Waals surface area (Å²) in [5, 5.41) is 12.3. The van der Waals surface area contributed by atoms with Gasteiger partial charge in [-0.05, 0) is 31.5 Å². The van der Waals surface area contributed by atoms with Crippen LogP contribution in [0.2, 0.25) is 0 Å². The molecule has 0 spiro atoms. The molecule has 1 N–H and O–H groups in total. The van der Waals surface area contributed by atoms with Crippen LogP contribution < -0.4 is 5.32 Å². The highest BCUT2D eigenvalue weighted by molar-refractivity contribution is 7.15. The average Bonchev–Trinajstić information content (AvgIpc) is 2.72. The summed E-state index contributed by atoms with van der Waals surface area (Å²) in [6, 6.07) is 6.24. The molecule has 0 saturated heterocycles. The summed E-state index contributed by atoms with van der Waals surface area (Å²) in [7, 11) is 0. The maximum atomic E-state index is 13.7. The number of aryl methyl sites for hydroxylation is 2. The molecule has 5 heteroatoms. The van der Waals surface area contributed by atoms with E-state index < -0.39 is 5.82 Å². The van der Waals surface area contributed by atoms with E-state index >= 15 is 0 Å². The molecule has 3 nitrogen and oxygen atoms in total. The molecule has 0 aliphatic carbocycles. The third-order valence-electron chi connectivity index (χ3n) is 2.57. The predicted octanol–water partition coefficient (Wildman–Crippen LogP) is 3.77. The highest BCUT2D eigenvalue weighted by Gasteiger charge is 2.09. The van der Waals surface area contributed by atoms with Crippen molar-refractivity contribution in [3.8, 4) is 6.07 Å². The second-order valence-electron chi connectivity index (χ2n) is 3.81. The van der Waals surface area contributed by atoms with E-state index in [2.05, 4.69) is 10.3 Å². The molecule has 0 saturated carbocycles. The van der Waals surface area contributed by atoms with Gasteiger partial charge >= 0.3 is 0 Å². The Kier molecular flexibility index (Phi) is 3.58. The zero-order valence-corrected chi connectivity index (χ0v) is 10.9. The van der Waals surface area contributed by atoms with Crippen LogP contribution in [0.5, 0.6) is 0 Å². The Morgan fingerprint density at radius 3 is 2.83 bits per heavy atom.